The van der Waals surface area contributed by atoms with Gasteiger partial charge in [0.05, 0.1) is 6.10 Å². The molecule has 0 heterocycles. The summed E-state index contributed by atoms with van der Waals surface area (Å²) in [5, 5.41) is -0.269. The summed E-state index contributed by atoms with van der Waals surface area (Å²) in [6.07, 6.45) is 13.3. The van der Waals surface area contributed by atoms with Crippen LogP contribution in [0.4, 0.5) is 0 Å². The van der Waals surface area contributed by atoms with E-state index in [0.717, 1.165) is 12.8 Å². The highest BCUT2D eigenvalue weighted by Gasteiger charge is 2.22. The molecule has 21 heavy (non-hydrogen) atoms. The topological polar surface area (TPSA) is 26.3 Å². The molecule has 0 aromatic carbocycles. The van der Waals surface area contributed by atoms with Crippen molar-refractivity contribution in [3.8, 4) is 0 Å². The monoisotopic (exact) mass is 334 g/mol. The molecular formula is C17H35ClO2Si. The standard InChI is InChI=1S/C17H35ClO2Si/c1-5-6-7-8-9-10-11-12-13-14-16(15-17(18)19)20-21(2,3)4/h16H,5-15H2,1-4H3/t16-/m1/s1. The quantitative estimate of drug-likeness (QED) is 0.212. The maximum absolute atomic E-state index is 11.1. The molecule has 0 rings (SSSR count). The van der Waals surface area contributed by atoms with E-state index >= 15 is 0 Å². The van der Waals surface area contributed by atoms with Gasteiger partial charge in [0.15, 0.2) is 8.32 Å². The van der Waals surface area contributed by atoms with Gasteiger partial charge in [0.25, 0.3) is 0 Å². The van der Waals surface area contributed by atoms with Crippen LogP contribution in [0, 0.1) is 0 Å². The van der Waals surface area contributed by atoms with Gasteiger partial charge in [-0.05, 0) is 37.7 Å². The predicted molar refractivity (Wildman–Crippen MR) is 95.5 cm³/mol. The molecule has 1 atom stereocenters. The molecule has 0 unspecified atom stereocenters. The van der Waals surface area contributed by atoms with Gasteiger partial charge >= 0.3 is 0 Å². The maximum atomic E-state index is 11.1. The Morgan fingerprint density at radius 1 is 0.952 bits per heavy atom. The summed E-state index contributed by atoms with van der Waals surface area (Å²) in [4.78, 5) is 11.1. The molecule has 0 amide bonds. The number of rotatable bonds is 14. The molecule has 0 bridgehead atoms. The fraction of sp³-hybridized carbons (Fsp3) is 0.941. The number of carbonyl (C=O) groups is 1. The first kappa shape index (κ1) is 21.1. The lowest BCUT2D eigenvalue weighted by atomic mass is 10.0. The highest BCUT2D eigenvalue weighted by Crippen LogP contribution is 2.18. The van der Waals surface area contributed by atoms with Crippen LogP contribution in [-0.4, -0.2) is 19.7 Å². The second-order valence-electron chi connectivity index (χ2n) is 7.03. The summed E-state index contributed by atoms with van der Waals surface area (Å²) in [5.41, 5.74) is 0. The third-order valence-corrected chi connectivity index (χ3v) is 4.73. The van der Waals surface area contributed by atoms with Crippen molar-refractivity contribution in [2.75, 3.05) is 0 Å². The molecule has 0 aromatic heterocycles. The Kier molecular flexibility index (Phi) is 12.7. The Labute approximate surface area is 138 Å². The van der Waals surface area contributed by atoms with Gasteiger partial charge in [-0.25, -0.2) is 0 Å². The molecule has 0 saturated carbocycles. The molecule has 0 aliphatic heterocycles. The van der Waals surface area contributed by atoms with E-state index in [1.165, 1.54) is 51.4 Å². The van der Waals surface area contributed by atoms with E-state index in [1.807, 2.05) is 0 Å². The van der Waals surface area contributed by atoms with Crippen LogP contribution in [0.3, 0.4) is 0 Å². The number of hydrogen-bond donors (Lipinski definition) is 0. The van der Waals surface area contributed by atoms with Gasteiger partial charge < -0.3 is 4.43 Å². The summed E-state index contributed by atoms with van der Waals surface area (Å²) in [6, 6.07) is 0. The van der Waals surface area contributed by atoms with Crippen molar-refractivity contribution in [3.05, 3.63) is 0 Å². The molecule has 4 heteroatoms. The van der Waals surface area contributed by atoms with E-state index in [9.17, 15) is 4.79 Å². The van der Waals surface area contributed by atoms with Gasteiger partial charge in [-0.1, -0.05) is 64.7 Å². The minimum absolute atomic E-state index is 0.0335. The van der Waals surface area contributed by atoms with Crippen molar-refractivity contribution in [3.63, 3.8) is 0 Å². The highest BCUT2D eigenvalue weighted by molar-refractivity contribution is 6.69. The normalized spacial score (nSPS) is 13.4. The van der Waals surface area contributed by atoms with Crippen molar-refractivity contribution >= 4 is 25.2 Å². The third kappa shape index (κ3) is 16.3. The lowest BCUT2D eigenvalue weighted by Crippen LogP contribution is -2.32. The Morgan fingerprint density at radius 3 is 1.86 bits per heavy atom. The smallest absolute Gasteiger partial charge is 0.224 e. The molecule has 0 N–H and O–H groups in total. The molecule has 0 aliphatic rings. The van der Waals surface area contributed by atoms with E-state index in [4.69, 9.17) is 16.0 Å². The molecule has 0 radical (unpaired) electrons. The zero-order valence-electron chi connectivity index (χ0n) is 14.5. The molecular weight excluding hydrogens is 300 g/mol. The Morgan fingerprint density at radius 2 is 1.43 bits per heavy atom. The van der Waals surface area contributed by atoms with E-state index in [1.54, 1.807) is 0 Å². The predicted octanol–water partition coefficient (Wildman–Crippen LogP) is 6.28. The van der Waals surface area contributed by atoms with Gasteiger partial charge in [0.2, 0.25) is 5.24 Å². The van der Waals surface area contributed by atoms with Crippen LogP contribution in [-0.2, 0) is 9.22 Å². The van der Waals surface area contributed by atoms with E-state index in [2.05, 4.69) is 26.6 Å². The summed E-state index contributed by atoms with van der Waals surface area (Å²) >= 11 is 5.52. The lowest BCUT2D eigenvalue weighted by Gasteiger charge is -2.25. The van der Waals surface area contributed by atoms with Gasteiger partial charge in [-0.15, -0.1) is 0 Å². The minimum Gasteiger partial charge on any atom is -0.414 e. The number of carbonyl (C=O) groups excluding carboxylic acids is 1. The highest BCUT2D eigenvalue weighted by atomic mass is 35.5. The van der Waals surface area contributed by atoms with Crippen LogP contribution in [0.15, 0.2) is 0 Å². The first-order chi connectivity index (χ1) is 9.85. The first-order valence-corrected chi connectivity index (χ1v) is 12.5. The zero-order valence-corrected chi connectivity index (χ0v) is 16.3. The maximum Gasteiger partial charge on any atom is 0.224 e. The molecule has 126 valence electrons. The van der Waals surface area contributed by atoms with Crippen molar-refractivity contribution in [1.82, 2.24) is 0 Å². The van der Waals surface area contributed by atoms with Crippen LogP contribution in [0.2, 0.25) is 19.6 Å². The largest absolute Gasteiger partial charge is 0.414 e. The number of hydrogen-bond acceptors (Lipinski definition) is 2. The van der Waals surface area contributed by atoms with Crippen molar-refractivity contribution in [1.29, 1.82) is 0 Å². The summed E-state index contributed by atoms with van der Waals surface area (Å²) in [5.74, 6) is 0. The molecule has 0 spiro atoms. The summed E-state index contributed by atoms with van der Waals surface area (Å²) < 4.78 is 6.05. The third-order valence-electron chi connectivity index (χ3n) is 3.54. The Balaban J connectivity index is 3.66. The average molecular weight is 335 g/mol. The fourth-order valence-electron chi connectivity index (χ4n) is 2.56. The molecule has 0 aromatic rings. The first-order valence-electron chi connectivity index (χ1n) is 8.71. The van der Waals surface area contributed by atoms with Crippen LogP contribution in [0.5, 0.6) is 0 Å². The van der Waals surface area contributed by atoms with Crippen LogP contribution in [0.1, 0.15) is 77.6 Å². The van der Waals surface area contributed by atoms with E-state index in [0.29, 0.717) is 6.42 Å². The Hall–Kier alpha value is 0.137. The second-order valence-corrected chi connectivity index (χ2v) is 11.9. The van der Waals surface area contributed by atoms with Crippen molar-refractivity contribution in [2.24, 2.45) is 0 Å². The molecule has 0 fully saturated rings. The van der Waals surface area contributed by atoms with Crippen LogP contribution >= 0.6 is 11.6 Å². The number of unbranched alkanes of at least 4 members (excludes halogenated alkanes) is 8. The Bertz CT molecular complexity index is 264. The lowest BCUT2D eigenvalue weighted by molar-refractivity contribution is -0.113. The van der Waals surface area contributed by atoms with Crippen LogP contribution in [0.25, 0.3) is 0 Å². The average Bonchev–Trinajstić information content (AvgIpc) is 2.34. The van der Waals surface area contributed by atoms with E-state index in [-0.39, 0.29) is 11.3 Å². The summed E-state index contributed by atoms with van der Waals surface area (Å²) in [6.45, 7) is 8.74. The van der Waals surface area contributed by atoms with Gasteiger partial charge in [-0.3, -0.25) is 4.79 Å². The SMILES string of the molecule is CCCCCCCCCCC[C@H](CC(=O)Cl)O[Si](C)(C)C. The van der Waals surface area contributed by atoms with Gasteiger partial charge in [0.1, 0.15) is 0 Å². The van der Waals surface area contributed by atoms with Crippen molar-refractivity contribution in [2.45, 2.75) is 103 Å². The van der Waals surface area contributed by atoms with Gasteiger partial charge in [0, 0.05) is 6.42 Å². The van der Waals surface area contributed by atoms with Crippen molar-refractivity contribution < 1.29 is 9.22 Å². The minimum atomic E-state index is -1.59. The molecule has 0 aliphatic carbocycles. The summed E-state index contributed by atoms with van der Waals surface area (Å²) in [7, 11) is -1.59. The second kappa shape index (κ2) is 12.7. The van der Waals surface area contributed by atoms with Gasteiger partial charge in [-0.2, -0.15) is 0 Å². The number of halogens is 1. The zero-order chi connectivity index (χ0) is 16.1. The molecule has 0 saturated heterocycles. The fourth-order valence-corrected chi connectivity index (χ4v) is 3.94. The molecule has 2 nitrogen and oxygen atoms in total. The van der Waals surface area contributed by atoms with E-state index < -0.39 is 8.32 Å². The van der Waals surface area contributed by atoms with Crippen LogP contribution < -0.4 is 0 Å².